The van der Waals surface area contributed by atoms with Crippen LogP contribution in [0.2, 0.25) is 0 Å². The van der Waals surface area contributed by atoms with Crippen molar-refractivity contribution in [2.45, 2.75) is 58.5 Å². The SMILES string of the molecule is CCC(C)(COC(=O)C(C)(C)CC)NS(=O)(=O)C(F)(F)F. The smallest absolute Gasteiger partial charge is 0.463 e. The lowest BCUT2D eigenvalue weighted by Crippen LogP contribution is -2.53. The summed E-state index contributed by atoms with van der Waals surface area (Å²) in [5.41, 5.74) is -7.71. The molecule has 0 saturated heterocycles. The van der Waals surface area contributed by atoms with Crippen LogP contribution in [0.3, 0.4) is 0 Å². The molecule has 1 N–H and O–H groups in total. The zero-order valence-electron chi connectivity index (χ0n) is 12.8. The third-order valence-electron chi connectivity index (χ3n) is 3.42. The molecule has 0 radical (unpaired) electrons. The minimum absolute atomic E-state index is 0.0299. The van der Waals surface area contributed by atoms with Crippen molar-refractivity contribution < 1.29 is 31.1 Å². The summed E-state index contributed by atoms with van der Waals surface area (Å²) in [6, 6.07) is 0. The van der Waals surface area contributed by atoms with E-state index in [4.69, 9.17) is 4.74 Å². The summed E-state index contributed by atoms with van der Waals surface area (Å²) in [7, 11) is -5.50. The van der Waals surface area contributed by atoms with Gasteiger partial charge in [-0.1, -0.05) is 13.8 Å². The van der Waals surface area contributed by atoms with E-state index in [0.717, 1.165) is 0 Å². The van der Waals surface area contributed by atoms with Gasteiger partial charge in [-0.3, -0.25) is 4.79 Å². The van der Waals surface area contributed by atoms with E-state index in [9.17, 15) is 26.4 Å². The summed E-state index contributed by atoms with van der Waals surface area (Å²) < 4.78 is 66.0. The fraction of sp³-hybridized carbons (Fsp3) is 0.917. The Kier molecular flexibility index (Phi) is 6.26. The van der Waals surface area contributed by atoms with Crippen LogP contribution in [0.5, 0.6) is 0 Å². The number of hydrogen-bond acceptors (Lipinski definition) is 4. The number of ether oxygens (including phenoxy) is 1. The van der Waals surface area contributed by atoms with Crippen LogP contribution in [0, 0.1) is 5.41 Å². The molecule has 0 fully saturated rings. The maximum Gasteiger partial charge on any atom is 0.511 e. The Balaban J connectivity index is 4.97. The molecule has 0 aliphatic heterocycles. The molecule has 5 nitrogen and oxygen atoms in total. The molecule has 0 aromatic rings. The average Bonchev–Trinajstić information content (AvgIpc) is 2.34. The fourth-order valence-corrected chi connectivity index (χ4v) is 2.12. The molecule has 0 aliphatic carbocycles. The number of hydrogen-bond donors (Lipinski definition) is 1. The lowest BCUT2D eigenvalue weighted by atomic mass is 9.90. The van der Waals surface area contributed by atoms with Crippen LogP contribution in [0.4, 0.5) is 13.2 Å². The van der Waals surface area contributed by atoms with E-state index in [1.165, 1.54) is 13.8 Å². The molecule has 0 aliphatic rings. The lowest BCUT2D eigenvalue weighted by Gasteiger charge is -2.30. The standard InChI is InChI=1S/C12H22F3NO4S/c1-6-10(3,4)9(17)20-8-11(5,7-2)16-21(18,19)12(13,14)15/h16H,6-8H2,1-5H3. The third-order valence-corrected chi connectivity index (χ3v) is 4.80. The molecule has 21 heavy (non-hydrogen) atoms. The Morgan fingerprint density at radius 2 is 1.57 bits per heavy atom. The summed E-state index contributed by atoms with van der Waals surface area (Å²) in [5, 5.41) is 0. The fourth-order valence-electron chi connectivity index (χ4n) is 1.15. The Bertz CT molecular complexity index is 473. The van der Waals surface area contributed by atoms with Gasteiger partial charge >= 0.3 is 21.5 Å². The summed E-state index contributed by atoms with van der Waals surface area (Å²) in [6.07, 6.45) is 0.519. The second kappa shape index (κ2) is 6.51. The van der Waals surface area contributed by atoms with E-state index in [2.05, 4.69) is 0 Å². The normalized spacial score (nSPS) is 16.4. The van der Waals surface area contributed by atoms with Crippen LogP contribution < -0.4 is 4.72 Å². The van der Waals surface area contributed by atoms with Gasteiger partial charge < -0.3 is 4.74 Å². The number of nitrogens with one attached hydrogen (secondary N) is 1. The van der Waals surface area contributed by atoms with Crippen molar-refractivity contribution >= 4 is 16.0 Å². The largest absolute Gasteiger partial charge is 0.511 e. The van der Waals surface area contributed by atoms with Gasteiger partial charge in [0.15, 0.2) is 0 Å². The van der Waals surface area contributed by atoms with Crippen LogP contribution in [-0.2, 0) is 19.6 Å². The molecule has 0 saturated carbocycles. The van der Waals surface area contributed by atoms with Gasteiger partial charge in [-0.15, -0.1) is 0 Å². The third kappa shape index (κ3) is 5.46. The van der Waals surface area contributed by atoms with E-state index in [0.29, 0.717) is 6.42 Å². The molecular formula is C12H22F3NO4S. The molecule has 1 unspecified atom stereocenters. The minimum Gasteiger partial charge on any atom is -0.463 e. The molecular weight excluding hydrogens is 311 g/mol. The highest BCUT2D eigenvalue weighted by Gasteiger charge is 2.49. The van der Waals surface area contributed by atoms with Crippen molar-refractivity contribution in [1.82, 2.24) is 4.72 Å². The van der Waals surface area contributed by atoms with Gasteiger partial charge in [0.1, 0.15) is 6.61 Å². The average molecular weight is 333 g/mol. The van der Waals surface area contributed by atoms with Crippen molar-refractivity contribution in [3.8, 4) is 0 Å². The highest BCUT2D eigenvalue weighted by molar-refractivity contribution is 7.90. The van der Waals surface area contributed by atoms with Crippen LogP contribution in [0.15, 0.2) is 0 Å². The molecule has 126 valence electrons. The molecule has 1 atom stereocenters. The first-order valence-electron chi connectivity index (χ1n) is 6.48. The van der Waals surface area contributed by atoms with Crippen LogP contribution >= 0.6 is 0 Å². The van der Waals surface area contributed by atoms with Gasteiger partial charge in [0.2, 0.25) is 0 Å². The second-order valence-corrected chi connectivity index (χ2v) is 7.45. The van der Waals surface area contributed by atoms with Crippen LogP contribution in [0.25, 0.3) is 0 Å². The molecule has 0 amide bonds. The predicted octanol–water partition coefficient (Wildman–Crippen LogP) is 2.57. The predicted molar refractivity (Wildman–Crippen MR) is 71.8 cm³/mol. The van der Waals surface area contributed by atoms with E-state index >= 15 is 0 Å². The Hall–Kier alpha value is -0.830. The van der Waals surface area contributed by atoms with Crippen LogP contribution in [0.1, 0.15) is 47.5 Å². The highest BCUT2D eigenvalue weighted by Crippen LogP contribution is 2.26. The van der Waals surface area contributed by atoms with E-state index in [1.807, 2.05) is 0 Å². The second-order valence-electron chi connectivity index (χ2n) is 5.78. The van der Waals surface area contributed by atoms with E-state index in [-0.39, 0.29) is 6.42 Å². The molecule has 0 heterocycles. The number of esters is 1. The lowest BCUT2D eigenvalue weighted by molar-refractivity contribution is -0.156. The summed E-state index contributed by atoms with van der Waals surface area (Å²) in [6.45, 7) is 7.32. The first-order chi connectivity index (χ1) is 9.21. The number of carbonyl (C=O) groups excluding carboxylic acids is 1. The summed E-state index contributed by atoms with van der Waals surface area (Å²) in [4.78, 5) is 11.8. The zero-order valence-corrected chi connectivity index (χ0v) is 13.6. The Labute approximate surface area is 123 Å². The molecule has 0 spiro atoms. The topological polar surface area (TPSA) is 72.5 Å². The van der Waals surface area contributed by atoms with Gasteiger partial charge in [-0.2, -0.15) is 17.9 Å². The monoisotopic (exact) mass is 333 g/mol. The number of sulfonamides is 1. The van der Waals surface area contributed by atoms with Crippen molar-refractivity contribution in [2.24, 2.45) is 5.41 Å². The number of alkyl halides is 3. The summed E-state index contributed by atoms with van der Waals surface area (Å²) in [5.74, 6) is -0.587. The zero-order chi connectivity index (χ0) is 17.1. The Morgan fingerprint density at radius 3 is 1.90 bits per heavy atom. The van der Waals surface area contributed by atoms with Crippen molar-refractivity contribution in [1.29, 1.82) is 0 Å². The summed E-state index contributed by atoms with van der Waals surface area (Å²) >= 11 is 0. The molecule has 0 bridgehead atoms. The van der Waals surface area contributed by atoms with E-state index < -0.39 is 39.1 Å². The van der Waals surface area contributed by atoms with Crippen molar-refractivity contribution in [2.75, 3.05) is 6.61 Å². The highest BCUT2D eigenvalue weighted by atomic mass is 32.2. The number of carbonyl (C=O) groups is 1. The van der Waals surface area contributed by atoms with E-state index in [1.54, 1.807) is 25.5 Å². The minimum atomic E-state index is -5.50. The molecule has 0 aromatic carbocycles. The van der Waals surface area contributed by atoms with Crippen LogP contribution in [-0.4, -0.2) is 32.0 Å². The first-order valence-corrected chi connectivity index (χ1v) is 7.96. The van der Waals surface area contributed by atoms with Crippen molar-refractivity contribution in [3.05, 3.63) is 0 Å². The quantitative estimate of drug-likeness (QED) is 0.727. The molecule has 9 heteroatoms. The molecule has 0 rings (SSSR count). The van der Waals surface area contributed by atoms with Gasteiger partial charge in [-0.05, 0) is 33.6 Å². The number of rotatable bonds is 7. The first kappa shape index (κ1) is 20.2. The van der Waals surface area contributed by atoms with Gasteiger partial charge in [0.25, 0.3) is 0 Å². The molecule has 0 aromatic heterocycles. The van der Waals surface area contributed by atoms with Gasteiger partial charge in [-0.25, -0.2) is 8.42 Å². The number of halogens is 3. The van der Waals surface area contributed by atoms with Gasteiger partial charge in [0.05, 0.1) is 11.0 Å². The van der Waals surface area contributed by atoms with Crippen molar-refractivity contribution in [3.63, 3.8) is 0 Å². The van der Waals surface area contributed by atoms with Gasteiger partial charge in [0, 0.05) is 0 Å². The maximum atomic E-state index is 12.4. The maximum absolute atomic E-state index is 12.4. The Morgan fingerprint density at radius 1 is 1.10 bits per heavy atom.